The van der Waals surface area contributed by atoms with Gasteiger partial charge in [-0.25, -0.2) is 0 Å². The van der Waals surface area contributed by atoms with E-state index in [9.17, 15) is 0 Å². The number of aromatic nitrogens is 10. The number of aliphatic imine (C=N–C) groups is 1. The Kier molecular flexibility index (Phi) is 31.7. The summed E-state index contributed by atoms with van der Waals surface area (Å²) in [6, 6.07) is 115. The van der Waals surface area contributed by atoms with Crippen molar-refractivity contribution in [3.8, 4) is 17.1 Å². The van der Waals surface area contributed by atoms with Crippen molar-refractivity contribution in [2.24, 2.45) is 4.99 Å². The summed E-state index contributed by atoms with van der Waals surface area (Å²) in [4.78, 5) is 23.6. The average Bonchev–Trinajstić information content (AvgIpc) is 1.74. The van der Waals surface area contributed by atoms with E-state index in [-0.39, 0.29) is 81.7 Å². The molecule has 11 nitrogen and oxygen atoms in total. The van der Waals surface area contributed by atoms with E-state index in [0.29, 0.717) is 0 Å². The molecule has 0 amide bonds. The Morgan fingerprint density at radius 1 is 0.327 bits per heavy atom. The van der Waals surface area contributed by atoms with E-state index >= 15 is 0 Å². The average molecular weight is 1760 g/mol. The zero-order chi connectivity index (χ0) is 70.2. The topological polar surface area (TPSA) is 117 Å². The van der Waals surface area contributed by atoms with Crippen LogP contribution in [0, 0.1) is 69.3 Å². The van der Waals surface area contributed by atoms with Crippen molar-refractivity contribution < 1.29 is 81.7 Å². The number of nitrogens with zero attached hydrogens (tertiary/aromatic N) is 11. The van der Waals surface area contributed by atoms with Gasteiger partial charge in [-0.1, -0.05) is 30.3 Å². The maximum atomic E-state index is 4.82. The number of allylic oxidation sites excluding steroid dienone is 1. The molecule has 1 aliphatic heterocycles. The third-order valence-corrected chi connectivity index (χ3v) is 16.8. The van der Waals surface area contributed by atoms with Gasteiger partial charge in [-0.3, -0.25) is 34.0 Å². The minimum absolute atomic E-state index is 0. The molecule has 15 heteroatoms. The molecular formula is C92H75N11Pd4. The Hall–Kier alpha value is -9.95. The Labute approximate surface area is 684 Å². The summed E-state index contributed by atoms with van der Waals surface area (Å²) in [5.74, 6) is 0. The van der Waals surface area contributed by atoms with Crippen LogP contribution in [0.3, 0.4) is 0 Å². The molecule has 1 aliphatic rings. The summed E-state index contributed by atoms with van der Waals surface area (Å²) >= 11 is 0. The van der Waals surface area contributed by atoms with E-state index in [1.807, 2.05) is 162 Å². The summed E-state index contributed by atoms with van der Waals surface area (Å²) < 4.78 is 5.61. The zero-order valence-corrected chi connectivity index (χ0v) is 65.5. The Morgan fingerprint density at radius 3 is 1.04 bits per heavy atom. The Morgan fingerprint density at radius 2 is 0.692 bits per heavy atom. The van der Waals surface area contributed by atoms with Gasteiger partial charge in [0.05, 0.1) is 11.4 Å². The maximum absolute atomic E-state index is 4.82. The van der Waals surface area contributed by atoms with Crippen molar-refractivity contribution in [2.75, 3.05) is 0 Å². The molecule has 0 unspecified atom stereocenters. The fourth-order valence-electron chi connectivity index (χ4n) is 12.0. The normalized spacial score (nSPS) is 10.9. The zero-order valence-electron chi connectivity index (χ0n) is 59.3. The fraction of sp³-hybridized carbons (Fsp3) is 0.130. The summed E-state index contributed by atoms with van der Waals surface area (Å²) in [6.45, 7) is 6.05. The third-order valence-electron chi connectivity index (χ3n) is 16.8. The number of hydrogen-bond donors (Lipinski definition) is 0. The van der Waals surface area contributed by atoms with Gasteiger partial charge < -0.3 is 4.99 Å². The molecule has 7 aromatic heterocycles. The van der Waals surface area contributed by atoms with Crippen molar-refractivity contribution in [1.82, 2.24) is 49.3 Å². The van der Waals surface area contributed by atoms with Gasteiger partial charge in [0.2, 0.25) is 0 Å². The van der Waals surface area contributed by atoms with Crippen LogP contribution in [-0.4, -0.2) is 55.0 Å². The number of benzene rings is 8. The Balaban J connectivity index is 0.000000163. The standard InChI is InChI=1S/C24H21N3.C23H19N3.C23H18N2.C22H17N3.4Pd/c1-18-14-19(2)27(26-18)24-13-6-10-21(17-24)16-23-12-7-11-22(25-23)15-20-8-4-3-5-9-20;1-18-13-14-26(25-18)23-12-5-9-20(17-23)16-22-11-6-10-21(24-22)15-19-7-3-2-4-8-19;1-2-7-18(8-3-1)16-21-11-5-12-22(25-21)17-19-9-4-10-20(15-19)23-13-6-14-24-23;1-2-7-18(8-3-1)15-20-10-5-11-21(24-20)16-19-9-4-12-22(17-19)25-14-6-13-23-25;;;;/h3-8,10-14H,15-16H2,1-2H3;2-7,9-14H,15-16H2,1H3;1-7,9-12,14H,13,16-17H2;1-7,9-14H,15-16H2;;;;/q4*-2;4*+2. The quantitative estimate of drug-likeness (QED) is 0.0551. The van der Waals surface area contributed by atoms with Crippen LogP contribution in [0.15, 0.2) is 297 Å². The molecule has 8 aromatic carbocycles. The molecule has 16 rings (SSSR count). The maximum Gasteiger partial charge on any atom is 2.00 e. The van der Waals surface area contributed by atoms with Crippen molar-refractivity contribution in [3.63, 3.8) is 0 Å². The number of rotatable bonds is 20. The molecule has 0 atom stereocenters. The van der Waals surface area contributed by atoms with Gasteiger partial charge in [-0.2, -0.15) is 230 Å². The van der Waals surface area contributed by atoms with Crippen molar-refractivity contribution in [3.05, 3.63) is 453 Å². The van der Waals surface area contributed by atoms with Crippen LogP contribution in [0.1, 0.15) is 119 Å². The third kappa shape index (κ3) is 24.8. The predicted molar refractivity (Wildman–Crippen MR) is 407 cm³/mol. The van der Waals surface area contributed by atoms with E-state index in [1.54, 1.807) is 6.20 Å². The van der Waals surface area contributed by atoms with Gasteiger partial charge in [0.15, 0.2) is 0 Å². The molecule has 0 N–H and O–H groups in total. The van der Waals surface area contributed by atoms with Gasteiger partial charge in [-0.05, 0) is 168 Å². The molecule has 0 aliphatic carbocycles. The first-order valence-electron chi connectivity index (χ1n) is 34.6. The van der Waals surface area contributed by atoms with Crippen molar-refractivity contribution in [2.45, 2.75) is 78.6 Å². The SMILES string of the molecule is Cc1cc(C)n(-c2[c-]c(Cc3cccc(Cc4[c-]cccc4)n3)ccc2)n1.Cc1ccn(-c2[c-]c(Cc3cccc(Cc4[c-]cccc4)n3)ccc2)n1.[Pd+2].[Pd+2].[Pd+2].[Pd+2].[c-]1ccccc1Cc1cccc(Cc2[c-]c(-n3cccn3)ccc2)n1.[c-]1ccccc1Cc1cccc(Cc2[c-]c(C3=NC=CC3)ccc2)n1. The van der Waals surface area contributed by atoms with Gasteiger partial charge in [0, 0.05) is 76.0 Å². The van der Waals surface area contributed by atoms with Gasteiger partial charge in [0.25, 0.3) is 0 Å². The van der Waals surface area contributed by atoms with Crippen LogP contribution in [0.2, 0.25) is 0 Å². The van der Waals surface area contributed by atoms with Crippen LogP contribution < -0.4 is 0 Å². The summed E-state index contributed by atoms with van der Waals surface area (Å²) in [6.07, 6.45) is 16.7. The molecule has 0 saturated heterocycles. The van der Waals surface area contributed by atoms with Gasteiger partial charge in [0.1, 0.15) is 0 Å². The molecule has 15 aromatic rings. The molecule has 107 heavy (non-hydrogen) atoms. The minimum atomic E-state index is 0. The van der Waals surface area contributed by atoms with Crippen LogP contribution in [0.4, 0.5) is 0 Å². The first-order valence-corrected chi connectivity index (χ1v) is 34.6. The molecule has 8 heterocycles. The predicted octanol–water partition coefficient (Wildman–Crippen LogP) is 17.6. The molecule has 0 fully saturated rings. The largest absolute Gasteiger partial charge is 2.00 e. The first kappa shape index (κ1) is 81.1. The summed E-state index contributed by atoms with van der Waals surface area (Å²) in [5.41, 5.74) is 25.7. The molecule has 0 radical (unpaired) electrons. The first-order chi connectivity index (χ1) is 50.7. The second-order valence-electron chi connectivity index (χ2n) is 25.1. The number of pyridine rings is 4. The Bertz CT molecular complexity index is 5260. The van der Waals surface area contributed by atoms with Gasteiger partial charge in [-0.15, -0.1) is 53.6 Å². The molecule has 538 valence electrons. The van der Waals surface area contributed by atoms with Crippen molar-refractivity contribution >= 4 is 5.71 Å². The minimum Gasteiger partial charge on any atom is -0.309 e. The van der Waals surface area contributed by atoms with Crippen molar-refractivity contribution in [1.29, 1.82) is 0 Å². The van der Waals surface area contributed by atoms with Crippen LogP contribution in [0.5, 0.6) is 0 Å². The molecule has 0 spiro atoms. The summed E-state index contributed by atoms with van der Waals surface area (Å²) in [5, 5.41) is 13.3. The smallest absolute Gasteiger partial charge is 0.309 e. The van der Waals surface area contributed by atoms with Gasteiger partial charge >= 0.3 is 81.7 Å². The molecule has 0 bridgehead atoms. The molecule has 0 saturated carbocycles. The van der Waals surface area contributed by atoms with Crippen LogP contribution in [-0.2, 0) is 133 Å². The monoisotopic (exact) mass is 1760 g/mol. The fourth-order valence-corrected chi connectivity index (χ4v) is 12.0. The second-order valence-corrected chi connectivity index (χ2v) is 25.1. The van der Waals surface area contributed by atoms with E-state index < -0.39 is 0 Å². The summed E-state index contributed by atoms with van der Waals surface area (Å²) in [7, 11) is 0. The van der Waals surface area contributed by atoms with Crippen LogP contribution >= 0.6 is 0 Å². The number of hydrogen-bond acceptors (Lipinski definition) is 8. The van der Waals surface area contributed by atoms with E-state index in [1.165, 1.54) is 0 Å². The number of aryl methyl sites for hydroxylation is 3. The van der Waals surface area contributed by atoms with Crippen LogP contribution in [0.25, 0.3) is 17.1 Å². The molecular weight excluding hydrogens is 1680 g/mol. The van der Waals surface area contributed by atoms with E-state index in [2.05, 4.69) is 227 Å². The second kappa shape index (κ2) is 41.8. The van der Waals surface area contributed by atoms with E-state index in [0.717, 1.165) is 193 Å². The van der Waals surface area contributed by atoms with E-state index in [4.69, 9.17) is 19.9 Å².